The van der Waals surface area contributed by atoms with E-state index in [1.165, 1.54) is 0 Å². The van der Waals surface area contributed by atoms with Crippen molar-refractivity contribution in [2.24, 2.45) is 0 Å². The number of rotatable bonds is 5. The van der Waals surface area contributed by atoms with E-state index in [9.17, 15) is 15.0 Å². The molecule has 2 aromatic carbocycles. The van der Waals surface area contributed by atoms with Crippen LogP contribution in [-0.4, -0.2) is 41.3 Å². The molecule has 1 heterocycles. The van der Waals surface area contributed by atoms with Crippen LogP contribution in [-0.2, 0) is 10.4 Å². The molecule has 1 atom stereocenters. The number of aliphatic carboxylic acids is 1. The average molecular weight is 355 g/mol. The predicted octanol–water partition coefficient (Wildman–Crippen LogP) is 3.11. The number of likely N-dealkylation sites (tertiary alicyclic amines) is 1. The van der Waals surface area contributed by atoms with Gasteiger partial charge in [-0.05, 0) is 48.6 Å². The van der Waals surface area contributed by atoms with Gasteiger partial charge in [0.1, 0.15) is 11.8 Å². The number of aliphatic hydroxyl groups is 1. The summed E-state index contributed by atoms with van der Waals surface area (Å²) in [7, 11) is 1.60. The zero-order chi connectivity index (χ0) is 18.7. The lowest BCUT2D eigenvalue weighted by molar-refractivity contribution is -0.146. The van der Waals surface area contributed by atoms with E-state index < -0.39 is 17.6 Å². The molecule has 3 rings (SSSR count). The van der Waals surface area contributed by atoms with Crippen molar-refractivity contribution in [3.8, 4) is 5.75 Å². The fourth-order valence-electron chi connectivity index (χ4n) is 3.76. The van der Waals surface area contributed by atoms with Crippen LogP contribution in [0.25, 0.3) is 0 Å². The van der Waals surface area contributed by atoms with E-state index in [1.54, 1.807) is 13.2 Å². The third kappa shape index (κ3) is 3.59. The van der Waals surface area contributed by atoms with Gasteiger partial charge in [-0.25, -0.2) is 0 Å². The molecule has 1 aliphatic heterocycles. The summed E-state index contributed by atoms with van der Waals surface area (Å²) in [6.45, 7) is 2.94. The molecule has 2 aromatic rings. The second-order valence-corrected chi connectivity index (χ2v) is 6.90. The molecular weight excluding hydrogens is 330 g/mol. The monoisotopic (exact) mass is 355 g/mol. The smallest absolute Gasteiger partial charge is 0.325 e. The summed E-state index contributed by atoms with van der Waals surface area (Å²) in [5.74, 6) is -0.157. The highest BCUT2D eigenvalue weighted by Crippen LogP contribution is 2.36. The van der Waals surface area contributed by atoms with Gasteiger partial charge in [0.05, 0.1) is 12.7 Å². The van der Waals surface area contributed by atoms with Crippen molar-refractivity contribution in [1.29, 1.82) is 0 Å². The molecule has 0 aliphatic carbocycles. The van der Waals surface area contributed by atoms with Crippen LogP contribution in [0.2, 0.25) is 0 Å². The predicted molar refractivity (Wildman–Crippen MR) is 99.3 cm³/mol. The minimum atomic E-state index is -0.893. The maximum atomic E-state index is 12.0. The number of methoxy groups -OCH3 is 1. The molecule has 2 N–H and O–H groups in total. The lowest BCUT2D eigenvalue weighted by Crippen LogP contribution is -2.46. The normalized spacial score (nSPS) is 18.3. The lowest BCUT2D eigenvalue weighted by atomic mass is 9.83. The molecule has 0 aromatic heterocycles. The lowest BCUT2D eigenvalue weighted by Gasteiger charge is -2.41. The van der Waals surface area contributed by atoms with Crippen molar-refractivity contribution in [1.82, 2.24) is 4.90 Å². The molecule has 0 radical (unpaired) electrons. The highest BCUT2D eigenvalue weighted by atomic mass is 16.5. The van der Waals surface area contributed by atoms with E-state index in [1.807, 2.05) is 54.3 Å². The largest absolute Gasteiger partial charge is 0.497 e. The number of piperidine rings is 1. The number of hydrogen-bond acceptors (Lipinski definition) is 4. The number of aryl methyl sites for hydroxylation is 1. The number of ether oxygens (including phenoxy) is 1. The van der Waals surface area contributed by atoms with Crippen molar-refractivity contribution >= 4 is 5.97 Å². The van der Waals surface area contributed by atoms with Crippen molar-refractivity contribution in [3.05, 3.63) is 65.2 Å². The standard InChI is InChI=1S/C21H25NO4/c1-15-14-17(26-2)8-9-18(15)19(20(23)24)22-12-10-21(25,11-13-22)16-6-4-3-5-7-16/h3-9,14,19,25H,10-13H2,1-2H3,(H,23,24)/t19-/m0/s1. The highest BCUT2D eigenvalue weighted by Gasteiger charge is 2.38. The minimum Gasteiger partial charge on any atom is -0.497 e. The quantitative estimate of drug-likeness (QED) is 0.862. The van der Waals surface area contributed by atoms with Gasteiger partial charge in [-0.1, -0.05) is 36.4 Å². The van der Waals surface area contributed by atoms with Crippen LogP contribution in [0.4, 0.5) is 0 Å². The molecule has 0 spiro atoms. The number of carboxylic acid groups (broad SMARTS) is 1. The van der Waals surface area contributed by atoms with E-state index >= 15 is 0 Å². The van der Waals surface area contributed by atoms with Gasteiger partial charge < -0.3 is 14.9 Å². The molecule has 26 heavy (non-hydrogen) atoms. The molecule has 1 saturated heterocycles. The number of carbonyl (C=O) groups is 1. The summed E-state index contributed by atoms with van der Waals surface area (Å²) < 4.78 is 5.22. The van der Waals surface area contributed by atoms with Gasteiger partial charge in [-0.15, -0.1) is 0 Å². The Morgan fingerprint density at radius 1 is 1.15 bits per heavy atom. The van der Waals surface area contributed by atoms with E-state index in [4.69, 9.17) is 4.74 Å². The summed E-state index contributed by atoms with van der Waals surface area (Å²) in [4.78, 5) is 13.9. The van der Waals surface area contributed by atoms with Gasteiger partial charge in [-0.2, -0.15) is 0 Å². The van der Waals surface area contributed by atoms with Gasteiger partial charge in [0, 0.05) is 13.1 Å². The Kier molecular flexibility index (Phi) is 5.30. The Balaban J connectivity index is 1.80. The zero-order valence-corrected chi connectivity index (χ0v) is 15.2. The van der Waals surface area contributed by atoms with Crippen molar-refractivity contribution in [2.75, 3.05) is 20.2 Å². The number of benzene rings is 2. The van der Waals surface area contributed by atoms with E-state index in [0.29, 0.717) is 31.7 Å². The Hall–Kier alpha value is -2.37. The maximum absolute atomic E-state index is 12.0. The van der Waals surface area contributed by atoms with Crippen LogP contribution < -0.4 is 4.74 Å². The van der Waals surface area contributed by atoms with Crippen LogP contribution in [0.5, 0.6) is 5.75 Å². The van der Waals surface area contributed by atoms with Crippen LogP contribution in [0.15, 0.2) is 48.5 Å². The molecule has 0 unspecified atom stereocenters. The number of hydrogen-bond donors (Lipinski definition) is 2. The molecule has 0 saturated carbocycles. The molecular formula is C21H25NO4. The second-order valence-electron chi connectivity index (χ2n) is 6.90. The van der Waals surface area contributed by atoms with Gasteiger partial charge in [0.15, 0.2) is 0 Å². The Labute approximate surface area is 153 Å². The molecule has 5 heteroatoms. The first-order valence-electron chi connectivity index (χ1n) is 8.84. The third-order valence-corrected chi connectivity index (χ3v) is 5.31. The topological polar surface area (TPSA) is 70.0 Å². The SMILES string of the molecule is COc1ccc([C@@H](C(=O)O)N2CCC(O)(c3ccccc3)CC2)c(C)c1. The van der Waals surface area contributed by atoms with E-state index in [0.717, 1.165) is 16.7 Å². The average Bonchev–Trinajstić information content (AvgIpc) is 2.65. The van der Waals surface area contributed by atoms with Gasteiger partial charge in [0.2, 0.25) is 0 Å². The first kappa shape index (κ1) is 18.4. The number of carboxylic acids is 1. The molecule has 1 aliphatic rings. The molecule has 0 amide bonds. The Morgan fingerprint density at radius 2 is 1.81 bits per heavy atom. The molecule has 1 fully saturated rings. The van der Waals surface area contributed by atoms with E-state index in [-0.39, 0.29) is 0 Å². The van der Waals surface area contributed by atoms with Gasteiger partial charge in [0.25, 0.3) is 0 Å². The fourth-order valence-corrected chi connectivity index (χ4v) is 3.76. The minimum absolute atomic E-state index is 0.510. The number of nitrogens with zero attached hydrogens (tertiary/aromatic N) is 1. The Morgan fingerprint density at radius 3 is 2.35 bits per heavy atom. The van der Waals surface area contributed by atoms with Gasteiger partial charge >= 0.3 is 5.97 Å². The first-order chi connectivity index (χ1) is 12.4. The molecule has 5 nitrogen and oxygen atoms in total. The highest BCUT2D eigenvalue weighted by molar-refractivity contribution is 5.76. The molecule has 138 valence electrons. The molecule has 0 bridgehead atoms. The summed E-state index contributed by atoms with van der Waals surface area (Å²) in [5.41, 5.74) is 1.66. The maximum Gasteiger partial charge on any atom is 0.325 e. The van der Waals surface area contributed by atoms with Crippen molar-refractivity contribution in [2.45, 2.75) is 31.4 Å². The first-order valence-corrected chi connectivity index (χ1v) is 8.84. The summed E-state index contributed by atoms with van der Waals surface area (Å²) in [5, 5.41) is 20.8. The van der Waals surface area contributed by atoms with Gasteiger partial charge in [-0.3, -0.25) is 9.69 Å². The van der Waals surface area contributed by atoms with Crippen molar-refractivity contribution < 1.29 is 19.7 Å². The summed E-state index contributed by atoms with van der Waals surface area (Å²) in [6, 6.07) is 14.4. The summed E-state index contributed by atoms with van der Waals surface area (Å²) in [6.07, 6.45) is 1.02. The third-order valence-electron chi connectivity index (χ3n) is 5.31. The van der Waals surface area contributed by atoms with Crippen LogP contribution in [0.1, 0.15) is 35.6 Å². The second kappa shape index (κ2) is 7.48. The Bertz CT molecular complexity index is 767. The van der Waals surface area contributed by atoms with Crippen LogP contribution in [0, 0.1) is 6.92 Å². The van der Waals surface area contributed by atoms with E-state index in [2.05, 4.69) is 0 Å². The zero-order valence-electron chi connectivity index (χ0n) is 15.2. The fraction of sp³-hybridized carbons (Fsp3) is 0.381. The summed E-state index contributed by atoms with van der Waals surface area (Å²) >= 11 is 0. The van der Waals surface area contributed by atoms with Crippen LogP contribution >= 0.6 is 0 Å². The van der Waals surface area contributed by atoms with Crippen LogP contribution in [0.3, 0.4) is 0 Å². The van der Waals surface area contributed by atoms with Crippen molar-refractivity contribution in [3.63, 3.8) is 0 Å².